The lowest BCUT2D eigenvalue weighted by atomic mass is 10.1. The Kier molecular flexibility index (Phi) is 8.98. The maximum absolute atomic E-state index is 12.7. The number of amides is 2. The molecule has 1 atom stereocenters. The van der Waals surface area contributed by atoms with E-state index in [1.807, 2.05) is 55.5 Å². The molecule has 0 aliphatic heterocycles. The molecule has 2 aromatic rings. The SMILES string of the molecule is COc1ccccc1NCC(=O)N[C@@H](CCCCN)C(=O)Nc1ccc(C)cc1. The third kappa shape index (κ3) is 7.46. The van der Waals surface area contributed by atoms with Crippen molar-refractivity contribution in [1.82, 2.24) is 5.32 Å². The molecule has 0 aliphatic rings. The molecule has 0 bridgehead atoms. The summed E-state index contributed by atoms with van der Waals surface area (Å²) in [6.45, 7) is 2.57. The van der Waals surface area contributed by atoms with Crippen LogP contribution in [0, 0.1) is 6.92 Å². The lowest BCUT2D eigenvalue weighted by molar-refractivity contribution is -0.125. The fourth-order valence-corrected chi connectivity index (χ4v) is 2.84. The van der Waals surface area contributed by atoms with Gasteiger partial charge in [-0.3, -0.25) is 9.59 Å². The van der Waals surface area contributed by atoms with Gasteiger partial charge in [-0.05, 0) is 57.0 Å². The first-order valence-electron chi connectivity index (χ1n) is 9.77. The van der Waals surface area contributed by atoms with Crippen LogP contribution in [-0.2, 0) is 9.59 Å². The molecule has 7 nitrogen and oxygen atoms in total. The van der Waals surface area contributed by atoms with E-state index in [0.29, 0.717) is 30.1 Å². The third-order valence-electron chi connectivity index (χ3n) is 4.46. The molecule has 0 saturated heterocycles. The number of hydrogen-bond donors (Lipinski definition) is 4. The number of para-hydroxylation sites is 2. The normalized spacial score (nSPS) is 11.4. The highest BCUT2D eigenvalue weighted by molar-refractivity contribution is 5.97. The zero-order valence-electron chi connectivity index (χ0n) is 17.0. The van der Waals surface area contributed by atoms with Crippen LogP contribution in [0.5, 0.6) is 5.75 Å². The van der Waals surface area contributed by atoms with Crippen LogP contribution in [0.4, 0.5) is 11.4 Å². The van der Waals surface area contributed by atoms with E-state index in [4.69, 9.17) is 10.5 Å². The van der Waals surface area contributed by atoms with Gasteiger partial charge in [-0.2, -0.15) is 0 Å². The van der Waals surface area contributed by atoms with Crippen LogP contribution in [-0.4, -0.2) is 38.1 Å². The molecule has 0 spiro atoms. The summed E-state index contributed by atoms with van der Waals surface area (Å²) in [6, 6.07) is 14.3. The van der Waals surface area contributed by atoms with Crippen molar-refractivity contribution in [2.45, 2.75) is 32.2 Å². The largest absolute Gasteiger partial charge is 0.495 e. The Morgan fingerprint density at radius 1 is 1.07 bits per heavy atom. The number of ether oxygens (including phenoxy) is 1. The van der Waals surface area contributed by atoms with Gasteiger partial charge in [0.15, 0.2) is 0 Å². The molecule has 2 rings (SSSR count). The molecule has 0 fully saturated rings. The Labute approximate surface area is 172 Å². The van der Waals surface area contributed by atoms with Gasteiger partial charge in [0, 0.05) is 5.69 Å². The van der Waals surface area contributed by atoms with Gasteiger partial charge >= 0.3 is 0 Å². The highest BCUT2D eigenvalue weighted by Gasteiger charge is 2.20. The molecule has 0 radical (unpaired) electrons. The molecule has 0 aliphatic carbocycles. The summed E-state index contributed by atoms with van der Waals surface area (Å²) in [5, 5.41) is 8.73. The van der Waals surface area contributed by atoms with Crippen LogP contribution < -0.4 is 26.4 Å². The maximum Gasteiger partial charge on any atom is 0.246 e. The van der Waals surface area contributed by atoms with Crippen LogP contribution in [0.15, 0.2) is 48.5 Å². The van der Waals surface area contributed by atoms with Crippen LogP contribution in [0.1, 0.15) is 24.8 Å². The minimum absolute atomic E-state index is 0.0333. The number of aryl methyl sites for hydroxylation is 1. The first kappa shape index (κ1) is 22.2. The van der Waals surface area contributed by atoms with Crippen molar-refractivity contribution in [2.75, 3.05) is 30.8 Å². The zero-order chi connectivity index (χ0) is 21.1. The molecule has 156 valence electrons. The van der Waals surface area contributed by atoms with Crippen LogP contribution in [0.25, 0.3) is 0 Å². The number of nitrogens with two attached hydrogens (primary N) is 1. The molecular formula is C22H30N4O3. The Morgan fingerprint density at radius 2 is 1.79 bits per heavy atom. The van der Waals surface area contributed by atoms with Gasteiger partial charge < -0.3 is 26.4 Å². The molecule has 0 aromatic heterocycles. The molecule has 0 heterocycles. The number of benzene rings is 2. The molecule has 5 N–H and O–H groups in total. The van der Waals surface area contributed by atoms with Gasteiger partial charge in [-0.1, -0.05) is 29.8 Å². The summed E-state index contributed by atoms with van der Waals surface area (Å²) in [4.78, 5) is 25.1. The third-order valence-corrected chi connectivity index (χ3v) is 4.46. The van der Waals surface area contributed by atoms with E-state index in [-0.39, 0.29) is 18.4 Å². The molecule has 29 heavy (non-hydrogen) atoms. The van der Waals surface area contributed by atoms with Crippen LogP contribution in [0.2, 0.25) is 0 Å². The summed E-state index contributed by atoms with van der Waals surface area (Å²) >= 11 is 0. The lowest BCUT2D eigenvalue weighted by Gasteiger charge is -2.19. The van der Waals surface area contributed by atoms with E-state index in [2.05, 4.69) is 16.0 Å². The van der Waals surface area contributed by atoms with Gasteiger partial charge in [0.05, 0.1) is 19.3 Å². The summed E-state index contributed by atoms with van der Waals surface area (Å²) in [5.74, 6) is 0.140. The van der Waals surface area contributed by atoms with Gasteiger partial charge in [0.2, 0.25) is 11.8 Å². The number of anilines is 2. The monoisotopic (exact) mass is 398 g/mol. The number of hydrogen-bond acceptors (Lipinski definition) is 5. The fraction of sp³-hybridized carbons (Fsp3) is 0.364. The van der Waals surface area contributed by atoms with Crippen molar-refractivity contribution < 1.29 is 14.3 Å². The van der Waals surface area contributed by atoms with E-state index >= 15 is 0 Å². The van der Waals surface area contributed by atoms with Crippen molar-refractivity contribution >= 4 is 23.2 Å². The summed E-state index contributed by atoms with van der Waals surface area (Å²) in [5.41, 5.74) is 8.09. The van der Waals surface area contributed by atoms with Crippen molar-refractivity contribution in [3.8, 4) is 5.75 Å². The Bertz CT molecular complexity index is 793. The number of carbonyl (C=O) groups is 2. The van der Waals surface area contributed by atoms with E-state index < -0.39 is 6.04 Å². The van der Waals surface area contributed by atoms with Crippen LogP contribution >= 0.6 is 0 Å². The van der Waals surface area contributed by atoms with Crippen molar-refractivity contribution in [3.63, 3.8) is 0 Å². The standard InChI is InChI=1S/C22H30N4O3/c1-16-10-12-17(13-11-16)25-22(28)19(8-5-6-14-23)26-21(27)15-24-18-7-3-4-9-20(18)29-2/h3-4,7,9-13,19,24H,5-6,8,14-15,23H2,1-2H3,(H,25,28)(H,26,27)/t19-/m0/s1. The summed E-state index contributed by atoms with van der Waals surface area (Å²) < 4.78 is 5.27. The lowest BCUT2D eigenvalue weighted by Crippen LogP contribution is -2.45. The summed E-state index contributed by atoms with van der Waals surface area (Å²) in [7, 11) is 1.57. The van der Waals surface area contributed by atoms with Gasteiger partial charge in [-0.25, -0.2) is 0 Å². The quantitative estimate of drug-likeness (QED) is 0.436. The molecule has 2 amide bonds. The first-order chi connectivity index (χ1) is 14.0. The van der Waals surface area contributed by atoms with Gasteiger partial charge in [0.1, 0.15) is 11.8 Å². The van der Waals surface area contributed by atoms with Crippen LogP contribution in [0.3, 0.4) is 0 Å². The molecule has 0 unspecified atom stereocenters. The molecule has 0 saturated carbocycles. The molecule has 7 heteroatoms. The zero-order valence-corrected chi connectivity index (χ0v) is 17.0. The second-order valence-electron chi connectivity index (χ2n) is 6.81. The van der Waals surface area contributed by atoms with E-state index in [0.717, 1.165) is 18.4 Å². The number of rotatable bonds is 11. The number of methoxy groups -OCH3 is 1. The predicted molar refractivity (Wildman–Crippen MR) is 116 cm³/mol. The van der Waals surface area contributed by atoms with Crippen molar-refractivity contribution in [1.29, 1.82) is 0 Å². The predicted octanol–water partition coefficient (Wildman–Crippen LogP) is 2.67. The average molecular weight is 399 g/mol. The molecule has 2 aromatic carbocycles. The van der Waals surface area contributed by atoms with Gasteiger partial charge in [0.25, 0.3) is 0 Å². The number of unbranched alkanes of at least 4 members (excludes halogenated alkanes) is 1. The second-order valence-corrected chi connectivity index (χ2v) is 6.81. The van der Waals surface area contributed by atoms with E-state index in [9.17, 15) is 9.59 Å². The van der Waals surface area contributed by atoms with E-state index in [1.54, 1.807) is 7.11 Å². The van der Waals surface area contributed by atoms with Crippen molar-refractivity contribution in [3.05, 3.63) is 54.1 Å². The highest BCUT2D eigenvalue weighted by Crippen LogP contribution is 2.22. The molecular weight excluding hydrogens is 368 g/mol. The minimum atomic E-state index is -0.630. The number of nitrogens with one attached hydrogen (secondary N) is 3. The second kappa shape index (κ2) is 11.7. The van der Waals surface area contributed by atoms with Crippen molar-refractivity contribution in [2.24, 2.45) is 5.73 Å². The fourth-order valence-electron chi connectivity index (χ4n) is 2.84. The van der Waals surface area contributed by atoms with Gasteiger partial charge in [-0.15, -0.1) is 0 Å². The topological polar surface area (TPSA) is 105 Å². The Morgan fingerprint density at radius 3 is 2.48 bits per heavy atom. The summed E-state index contributed by atoms with van der Waals surface area (Å²) in [6.07, 6.45) is 2.07. The Balaban J connectivity index is 1.95. The Hall–Kier alpha value is -3.06. The van der Waals surface area contributed by atoms with E-state index in [1.165, 1.54) is 0 Å². The smallest absolute Gasteiger partial charge is 0.246 e. The highest BCUT2D eigenvalue weighted by atomic mass is 16.5. The minimum Gasteiger partial charge on any atom is -0.495 e. The first-order valence-corrected chi connectivity index (χ1v) is 9.77. The average Bonchev–Trinajstić information content (AvgIpc) is 2.73. The number of carbonyl (C=O) groups excluding carboxylic acids is 2. The maximum atomic E-state index is 12.7.